The Labute approximate surface area is 117 Å². The molecule has 0 heterocycles. The average molecular weight is 303 g/mol. The number of anilines is 1. The molecule has 0 amide bonds. The van der Waals surface area contributed by atoms with Gasteiger partial charge in [0.1, 0.15) is 5.75 Å². The number of aliphatic hydroxyl groups is 1. The minimum Gasteiger partial charge on any atom is -0.495 e. The first-order valence-corrected chi connectivity index (χ1v) is 7.46. The third-order valence-corrected chi connectivity index (χ3v) is 3.81. The smallest absolute Gasteiger partial charge is 0.337 e. The van der Waals surface area contributed by atoms with Crippen LogP contribution in [0.2, 0.25) is 0 Å². The number of nitrogens with one attached hydrogen (secondary N) is 1. The van der Waals surface area contributed by atoms with Crippen molar-refractivity contribution in [1.29, 1.82) is 0 Å². The van der Waals surface area contributed by atoms with Crippen molar-refractivity contribution in [2.45, 2.75) is 6.42 Å². The van der Waals surface area contributed by atoms with Gasteiger partial charge in [0.2, 0.25) is 10.0 Å². The van der Waals surface area contributed by atoms with Crippen LogP contribution in [0.3, 0.4) is 0 Å². The largest absolute Gasteiger partial charge is 0.495 e. The van der Waals surface area contributed by atoms with Crippen molar-refractivity contribution >= 4 is 21.7 Å². The molecular formula is C12H17NO6S. The van der Waals surface area contributed by atoms with Crippen LogP contribution in [0, 0.1) is 0 Å². The number of rotatable bonds is 7. The van der Waals surface area contributed by atoms with E-state index in [1.807, 2.05) is 0 Å². The SMILES string of the molecule is COC(=O)c1ccc(OC)c(NS(=O)(=O)CCCO)c1. The van der Waals surface area contributed by atoms with Crippen molar-refractivity contribution in [3.8, 4) is 5.75 Å². The van der Waals surface area contributed by atoms with Crippen molar-refractivity contribution in [3.63, 3.8) is 0 Å². The molecule has 7 nitrogen and oxygen atoms in total. The first kappa shape index (κ1) is 16.3. The van der Waals surface area contributed by atoms with Crippen LogP contribution in [-0.4, -0.2) is 46.1 Å². The van der Waals surface area contributed by atoms with Crippen LogP contribution in [-0.2, 0) is 14.8 Å². The molecule has 0 radical (unpaired) electrons. The highest BCUT2D eigenvalue weighted by Gasteiger charge is 2.16. The molecule has 0 bridgehead atoms. The first-order chi connectivity index (χ1) is 9.43. The monoisotopic (exact) mass is 303 g/mol. The Hall–Kier alpha value is -1.80. The number of esters is 1. The molecule has 20 heavy (non-hydrogen) atoms. The summed E-state index contributed by atoms with van der Waals surface area (Å²) in [5, 5.41) is 8.67. The Balaban J connectivity index is 3.05. The lowest BCUT2D eigenvalue weighted by Crippen LogP contribution is -2.18. The van der Waals surface area contributed by atoms with Gasteiger partial charge in [-0.2, -0.15) is 0 Å². The maximum atomic E-state index is 11.8. The fraction of sp³-hybridized carbons (Fsp3) is 0.417. The third-order valence-electron chi connectivity index (χ3n) is 2.46. The number of carbonyl (C=O) groups is 1. The van der Waals surface area contributed by atoms with Gasteiger partial charge in [0.25, 0.3) is 0 Å². The molecule has 1 aromatic rings. The van der Waals surface area contributed by atoms with Gasteiger partial charge in [-0.1, -0.05) is 0 Å². The summed E-state index contributed by atoms with van der Waals surface area (Å²) in [6.45, 7) is -0.222. The molecule has 1 aromatic carbocycles. The lowest BCUT2D eigenvalue weighted by molar-refractivity contribution is 0.0600. The predicted molar refractivity (Wildman–Crippen MR) is 73.4 cm³/mol. The summed E-state index contributed by atoms with van der Waals surface area (Å²) in [5.41, 5.74) is 0.349. The molecule has 0 unspecified atom stereocenters. The van der Waals surface area contributed by atoms with Gasteiger partial charge < -0.3 is 14.6 Å². The van der Waals surface area contributed by atoms with Gasteiger partial charge in [-0.05, 0) is 24.6 Å². The molecule has 0 aromatic heterocycles. The zero-order valence-corrected chi connectivity index (χ0v) is 12.1. The quantitative estimate of drug-likeness (QED) is 0.715. The molecule has 0 fully saturated rings. The minimum absolute atomic E-state index is 0.119. The van der Waals surface area contributed by atoms with Crippen LogP contribution < -0.4 is 9.46 Å². The second kappa shape index (κ2) is 7.11. The molecule has 1 rings (SSSR count). The van der Waals surface area contributed by atoms with Crippen molar-refractivity contribution in [3.05, 3.63) is 23.8 Å². The van der Waals surface area contributed by atoms with E-state index in [4.69, 9.17) is 9.84 Å². The Morgan fingerprint density at radius 3 is 2.60 bits per heavy atom. The molecule has 0 aliphatic carbocycles. The molecule has 112 valence electrons. The topological polar surface area (TPSA) is 102 Å². The fourth-order valence-electron chi connectivity index (χ4n) is 1.51. The Kier molecular flexibility index (Phi) is 5.78. The zero-order chi connectivity index (χ0) is 15.2. The lowest BCUT2D eigenvalue weighted by Gasteiger charge is -2.12. The maximum absolute atomic E-state index is 11.8. The normalized spacial score (nSPS) is 10.9. The number of carbonyl (C=O) groups excluding carboxylic acids is 1. The number of methoxy groups -OCH3 is 2. The van der Waals surface area contributed by atoms with E-state index < -0.39 is 16.0 Å². The van der Waals surface area contributed by atoms with Crippen LogP contribution in [0.1, 0.15) is 16.8 Å². The zero-order valence-electron chi connectivity index (χ0n) is 11.3. The Morgan fingerprint density at radius 2 is 2.05 bits per heavy atom. The van der Waals surface area contributed by atoms with Crippen LogP contribution in [0.25, 0.3) is 0 Å². The van der Waals surface area contributed by atoms with E-state index >= 15 is 0 Å². The maximum Gasteiger partial charge on any atom is 0.337 e. The summed E-state index contributed by atoms with van der Waals surface area (Å²) < 4.78 is 35.5. The molecular weight excluding hydrogens is 286 g/mol. The number of hydrogen-bond acceptors (Lipinski definition) is 6. The van der Waals surface area contributed by atoms with Crippen LogP contribution >= 0.6 is 0 Å². The second-order valence-corrected chi connectivity index (χ2v) is 5.75. The predicted octanol–water partition coefficient (Wildman–Crippen LogP) is 0.606. The van der Waals surface area contributed by atoms with Gasteiger partial charge in [-0.25, -0.2) is 13.2 Å². The number of hydrogen-bond donors (Lipinski definition) is 2. The first-order valence-electron chi connectivity index (χ1n) is 5.81. The van der Waals surface area contributed by atoms with Gasteiger partial charge in [-0.15, -0.1) is 0 Å². The molecule has 0 saturated heterocycles. The highest BCUT2D eigenvalue weighted by molar-refractivity contribution is 7.92. The number of ether oxygens (including phenoxy) is 2. The molecule has 0 atom stereocenters. The van der Waals surface area contributed by atoms with Crippen LogP contribution in [0.4, 0.5) is 5.69 Å². The summed E-state index contributed by atoms with van der Waals surface area (Å²) >= 11 is 0. The third kappa shape index (κ3) is 4.39. The van der Waals surface area contributed by atoms with Crippen molar-refractivity contribution in [1.82, 2.24) is 0 Å². The van der Waals surface area contributed by atoms with E-state index in [0.717, 1.165) is 0 Å². The van der Waals surface area contributed by atoms with E-state index in [2.05, 4.69) is 9.46 Å². The average Bonchev–Trinajstić information content (AvgIpc) is 2.43. The summed E-state index contributed by atoms with van der Waals surface area (Å²) in [4.78, 5) is 11.4. The van der Waals surface area contributed by atoms with Gasteiger partial charge in [0.05, 0.1) is 31.2 Å². The molecule has 2 N–H and O–H groups in total. The molecule has 0 aliphatic rings. The molecule has 0 spiro atoms. The standard InChI is InChI=1S/C12H17NO6S/c1-18-11-5-4-9(12(15)19-2)8-10(11)13-20(16,17)7-3-6-14/h4-5,8,13-14H,3,6-7H2,1-2H3. The Bertz CT molecular complexity index is 569. The van der Waals surface area contributed by atoms with Gasteiger partial charge >= 0.3 is 5.97 Å². The van der Waals surface area contributed by atoms with Gasteiger partial charge in [0, 0.05) is 6.61 Å². The van der Waals surface area contributed by atoms with E-state index in [1.165, 1.54) is 32.4 Å². The summed E-state index contributed by atoms with van der Waals surface area (Å²) in [6, 6.07) is 4.27. The number of benzene rings is 1. The van der Waals surface area contributed by atoms with E-state index in [-0.39, 0.29) is 35.8 Å². The summed E-state index contributed by atoms with van der Waals surface area (Å²) in [7, 11) is -0.999. The lowest BCUT2D eigenvalue weighted by atomic mass is 10.2. The van der Waals surface area contributed by atoms with Crippen molar-refractivity contribution in [2.75, 3.05) is 31.3 Å². The van der Waals surface area contributed by atoms with Crippen molar-refractivity contribution < 1.29 is 27.8 Å². The molecule has 0 saturated carbocycles. The van der Waals surface area contributed by atoms with E-state index in [9.17, 15) is 13.2 Å². The Morgan fingerprint density at radius 1 is 1.35 bits per heavy atom. The highest BCUT2D eigenvalue weighted by Crippen LogP contribution is 2.27. The van der Waals surface area contributed by atoms with E-state index in [1.54, 1.807) is 0 Å². The fourth-order valence-corrected chi connectivity index (χ4v) is 2.61. The molecule has 8 heteroatoms. The number of sulfonamides is 1. The summed E-state index contributed by atoms with van der Waals surface area (Å²) in [5.74, 6) is -0.525. The highest BCUT2D eigenvalue weighted by atomic mass is 32.2. The van der Waals surface area contributed by atoms with Gasteiger partial charge in [-0.3, -0.25) is 4.72 Å². The van der Waals surface area contributed by atoms with Crippen LogP contribution in [0.5, 0.6) is 5.75 Å². The summed E-state index contributed by atoms with van der Waals surface area (Å²) in [6.07, 6.45) is 0.119. The van der Waals surface area contributed by atoms with Gasteiger partial charge in [0.15, 0.2) is 0 Å². The van der Waals surface area contributed by atoms with E-state index in [0.29, 0.717) is 0 Å². The number of aliphatic hydroxyl groups excluding tert-OH is 1. The van der Waals surface area contributed by atoms with Crippen molar-refractivity contribution in [2.24, 2.45) is 0 Å². The second-order valence-electron chi connectivity index (χ2n) is 3.90. The molecule has 0 aliphatic heterocycles. The minimum atomic E-state index is -3.62. The van der Waals surface area contributed by atoms with Crippen LogP contribution in [0.15, 0.2) is 18.2 Å².